The largest absolute Gasteiger partial charge is 0.480 e. The number of carbonyl (C=O) groups is 2. The zero-order chi connectivity index (χ0) is 15.6. The number of ether oxygens (including phenoxy) is 1. The highest BCUT2D eigenvalue weighted by molar-refractivity contribution is 9.10. The zero-order valence-electron chi connectivity index (χ0n) is 11.4. The lowest BCUT2D eigenvalue weighted by Gasteiger charge is -2.38. The molecule has 0 aromatic heterocycles. The number of aliphatic carboxylic acids is 1. The molecule has 1 aliphatic carbocycles. The van der Waals surface area contributed by atoms with E-state index >= 15 is 0 Å². The molecule has 1 fully saturated rings. The molecule has 0 heterocycles. The fourth-order valence-corrected chi connectivity index (χ4v) is 2.85. The molecule has 1 unspecified atom stereocenters. The molecular weight excluding hydrogens is 362 g/mol. The van der Waals surface area contributed by atoms with Gasteiger partial charge in [-0.05, 0) is 60.3 Å². The molecule has 2 rings (SSSR count). The first kappa shape index (κ1) is 16.1. The number of nitrogens with one attached hydrogen (secondary N) is 1. The average molecular weight is 377 g/mol. The average Bonchev–Trinajstić information content (AvgIpc) is 2.36. The van der Waals surface area contributed by atoms with Gasteiger partial charge in [-0.25, -0.2) is 4.79 Å². The predicted octanol–water partition coefficient (Wildman–Crippen LogP) is 2.99. The first-order valence-electron chi connectivity index (χ1n) is 6.51. The summed E-state index contributed by atoms with van der Waals surface area (Å²) in [6.45, 7) is 1.57. The minimum Gasteiger partial charge on any atom is -0.480 e. The molecule has 7 heteroatoms. The minimum absolute atomic E-state index is 0.445. The number of carboxylic acid groups (broad SMARTS) is 1. The van der Waals surface area contributed by atoms with E-state index in [1.54, 1.807) is 25.1 Å². The number of halogens is 2. The van der Waals surface area contributed by atoms with E-state index in [4.69, 9.17) is 16.3 Å². The third kappa shape index (κ3) is 3.49. The summed E-state index contributed by atoms with van der Waals surface area (Å²) in [6.07, 6.45) is 0.890. The van der Waals surface area contributed by atoms with Gasteiger partial charge in [0.1, 0.15) is 11.3 Å². The lowest BCUT2D eigenvalue weighted by Crippen LogP contribution is -2.61. The molecule has 0 saturated heterocycles. The number of carbonyl (C=O) groups excluding carboxylic acids is 1. The lowest BCUT2D eigenvalue weighted by atomic mass is 9.76. The predicted molar refractivity (Wildman–Crippen MR) is 81.6 cm³/mol. The molecule has 0 radical (unpaired) electrons. The van der Waals surface area contributed by atoms with Gasteiger partial charge in [-0.2, -0.15) is 0 Å². The van der Waals surface area contributed by atoms with E-state index in [2.05, 4.69) is 21.2 Å². The second-order valence-electron chi connectivity index (χ2n) is 5.06. The third-order valence-corrected chi connectivity index (χ3v) is 4.40. The Kier molecular flexibility index (Phi) is 4.78. The van der Waals surface area contributed by atoms with Crippen LogP contribution in [0.5, 0.6) is 5.75 Å². The molecule has 1 amide bonds. The van der Waals surface area contributed by atoms with Gasteiger partial charge in [0.2, 0.25) is 0 Å². The minimum atomic E-state index is -1.13. The van der Waals surface area contributed by atoms with Gasteiger partial charge in [-0.1, -0.05) is 11.6 Å². The van der Waals surface area contributed by atoms with Crippen LogP contribution < -0.4 is 10.1 Å². The normalized spacial score (nSPS) is 17.5. The smallest absolute Gasteiger partial charge is 0.329 e. The third-order valence-electron chi connectivity index (χ3n) is 3.55. The second-order valence-corrected chi connectivity index (χ2v) is 6.36. The van der Waals surface area contributed by atoms with Crippen molar-refractivity contribution in [3.63, 3.8) is 0 Å². The number of amides is 1. The van der Waals surface area contributed by atoms with Crippen molar-refractivity contribution in [2.75, 3.05) is 0 Å². The molecule has 1 atom stereocenters. The molecule has 0 aliphatic heterocycles. The molecule has 2 N–H and O–H groups in total. The maximum atomic E-state index is 12.1. The van der Waals surface area contributed by atoms with Gasteiger partial charge in [0.05, 0.1) is 4.47 Å². The summed E-state index contributed by atoms with van der Waals surface area (Å²) in [4.78, 5) is 23.3. The Morgan fingerprint density at radius 2 is 2.14 bits per heavy atom. The van der Waals surface area contributed by atoms with Gasteiger partial charge in [-0.15, -0.1) is 0 Å². The van der Waals surface area contributed by atoms with E-state index in [0.29, 0.717) is 28.1 Å². The van der Waals surface area contributed by atoms with Crippen LogP contribution in [0, 0.1) is 0 Å². The van der Waals surface area contributed by atoms with Crippen molar-refractivity contribution in [3.05, 3.63) is 27.7 Å². The summed E-state index contributed by atoms with van der Waals surface area (Å²) in [7, 11) is 0. The van der Waals surface area contributed by atoms with Crippen molar-refractivity contribution in [3.8, 4) is 5.75 Å². The molecule has 0 bridgehead atoms. The standard InChI is InChI=1S/C14H15BrClNO4/c1-8(21-11-4-3-9(16)7-10(11)15)12(18)17-14(13(19)20)5-2-6-14/h3-4,7-8H,2,5-6H2,1H3,(H,17,18)(H,19,20). The van der Waals surface area contributed by atoms with Gasteiger partial charge in [-0.3, -0.25) is 4.79 Å². The van der Waals surface area contributed by atoms with Crippen LogP contribution in [-0.4, -0.2) is 28.6 Å². The summed E-state index contributed by atoms with van der Waals surface area (Å²) < 4.78 is 6.18. The number of rotatable bonds is 5. The molecule has 1 aromatic carbocycles. The topological polar surface area (TPSA) is 75.6 Å². The van der Waals surface area contributed by atoms with Gasteiger partial charge in [0.25, 0.3) is 5.91 Å². The molecule has 114 valence electrons. The maximum absolute atomic E-state index is 12.1. The number of carboxylic acids is 1. The fraction of sp³-hybridized carbons (Fsp3) is 0.429. The van der Waals surface area contributed by atoms with Gasteiger partial charge in [0, 0.05) is 5.02 Å². The van der Waals surface area contributed by atoms with Crippen molar-refractivity contribution in [2.45, 2.75) is 37.8 Å². The van der Waals surface area contributed by atoms with Crippen molar-refractivity contribution in [1.82, 2.24) is 5.32 Å². The number of hydrogen-bond donors (Lipinski definition) is 2. The van der Waals surface area contributed by atoms with Crippen molar-refractivity contribution in [2.24, 2.45) is 0 Å². The van der Waals surface area contributed by atoms with Crippen LogP contribution in [0.15, 0.2) is 22.7 Å². The highest BCUT2D eigenvalue weighted by Gasteiger charge is 2.46. The second kappa shape index (κ2) is 6.23. The Balaban J connectivity index is 2.01. The van der Waals surface area contributed by atoms with Gasteiger partial charge in [0.15, 0.2) is 6.10 Å². The van der Waals surface area contributed by atoms with E-state index in [1.807, 2.05) is 0 Å². The van der Waals surface area contributed by atoms with E-state index in [1.165, 1.54) is 0 Å². The van der Waals surface area contributed by atoms with E-state index < -0.39 is 23.5 Å². The Labute approximate surface area is 135 Å². The van der Waals surface area contributed by atoms with Crippen molar-refractivity contribution >= 4 is 39.4 Å². The van der Waals surface area contributed by atoms with E-state index in [9.17, 15) is 14.7 Å². The van der Waals surface area contributed by atoms with Crippen LogP contribution in [0.25, 0.3) is 0 Å². The summed E-state index contributed by atoms with van der Waals surface area (Å²) in [5.74, 6) is -0.971. The molecule has 1 saturated carbocycles. The van der Waals surface area contributed by atoms with Crippen LogP contribution in [0.3, 0.4) is 0 Å². The highest BCUT2D eigenvalue weighted by atomic mass is 79.9. The first-order chi connectivity index (χ1) is 9.84. The Morgan fingerprint density at radius 1 is 1.48 bits per heavy atom. The monoisotopic (exact) mass is 375 g/mol. The van der Waals surface area contributed by atoms with Crippen LogP contribution >= 0.6 is 27.5 Å². The number of benzene rings is 1. The van der Waals surface area contributed by atoms with Crippen molar-refractivity contribution < 1.29 is 19.4 Å². The Hall–Kier alpha value is -1.27. The van der Waals surface area contributed by atoms with Crippen LogP contribution in [0.1, 0.15) is 26.2 Å². The quantitative estimate of drug-likeness (QED) is 0.828. The highest BCUT2D eigenvalue weighted by Crippen LogP contribution is 2.33. The lowest BCUT2D eigenvalue weighted by molar-refractivity contribution is -0.152. The SMILES string of the molecule is CC(Oc1ccc(Cl)cc1Br)C(=O)NC1(C(=O)O)CCC1. The van der Waals surface area contributed by atoms with Gasteiger partial charge >= 0.3 is 5.97 Å². The molecular formula is C14H15BrClNO4. The Bertz CT molecular complexity index is 574. The maximum Gasteiger partial charge on any atom is 0.329 e. The van der Waals surface area contributed by atoms with E-state index in [0.717, 1.165) is 6.42 Å². The zero-order valence-corrected chi connectivity index (χ0v) is 13.7. The molecule has 1 aromatic rings. The van der Waals surface area contributed by atoms with E-state index in [-0.39, 0.29) is 0 Å². The number of hydrogen-bond acceptors (Lipinski definition) is 3. The van der Waals surface area contributed by atoms with Gasteiger partial charge < -0.3 is 15.2 Å². The molecule has 21 heavy (non-hydrogen) atoms. The van der Waals surface area contributed by atoms with Crippen LogP contribution in [0.2, 0.25) is 5.02 Å². The summed E-state index contributed by atoms with van der Waals surface area (Å²) in [5.41, 5.74) is -1.13. The van der Waals surface area contributed by atoms with Crippen LogP contribution in [-0.2, 0) is 9.59 Å². The molecule has 0 spiro atoms. The summed E-state index contributed by atoms with van der Waals surface area (Å²) in [5, 5.41) is 12.3. The summed E-state index contributed by atoms with van der Waals surface area (Å²) >= 11 is 9.13. The molecule has 5 nitrogen and oxygen atoms in total. The first-order valence-corrected chi connectivity index (χ1v) is 7.68. The van der Waals surface area contributed by atoms with Crippen LogP contribution in [0.4, 0.5) is 0 Å². The molecule has 1 aliphatic rings. The fourth-order valence-electron chi connectivity index (χ4n) is 2.07. The Morgan fingerprint density at radius 3 is 2.62 bits per heavy atom. The van der Waals surface area contributed by atoms with Crippen molar-refractivity contribution in [1.29, 1.82) is 0 Å². The summed E-state index contributed by atoms with van der Waals surface area (Å²) in [6, 6.07) is 4.95.